The molecule has 2 aliphatic rings. The summed E-state index contributed by atoms with van der Waals surface area (Å²) in [6.07, 6.45) is 0.739. The fraction of sp³-hybridized carbons (Fsp3) is 0.750. The molecule has 0 saturated carbocycles. The Labute approximate surface area is 111 Å². The summed E-state index contributed by atoms with van der Waals surface area (Å²) in [7, 11) is 1.32. The molecule has 0 aromatic heterocycles. The van der Waals surface area contributed by atoms with Gasteiger partial charge in [0.25, 0.3) is 0 Å². The zero-order valence-corrected chi connectivity index (χ0v) is 10.9. The first kappa shape index (κ1) is 13.8. The number of carbonyl (C=O) groups excluding carboxylic acids is 3. The van der Waals surface area contributed by atoms with Gasteiger partial charge in [-0.25, -0.2) is 0 Å². The van der Waals surface area contributed by atoms with E-state index in [0.717, 1.165) is 0 Å². The van der Waals surface area contributed by atoms with Gasteiger partial charge >= 0.3 is 5.97 Å². The molecule has 1 N–H and O–H groups in total. The van der Waals surface area contributed by atoms with Crippen LogP contribution in [0.1, 0.15) is 19.3 Å². The van der Waals surface area contributed by atoms with E-state index in [1.165, 1.54) is 7.11 Å². The highest BCUT2D eigenvalue weighted by Crippen LogP contribution is 2.14. The Morgan fingerprint density at radius 2 is 2.32 bits per heavy atom. The standard InChI is InChI=1S/C12H18N2O5/c1-18-11(16)6-8-7-14(4-5-19-8)12(17)9-2-3-10(15)13-9/h8-9H,2-7H2,1H3,(H,13,15)/t8?,9-/m0/s1. The van der Waals surface area contributed by atoms with E-state index in [4.69, 9.17) is 4.74 Å². The highest BCUT2D eigenvalue weighted by atomic mass is 16.5. The zero-order valence-electron chi connectivity index (χ0n) is 10.9. The molecule has 7 nitrogen and oxygen atoms in total. The van der Waals surface area contributed by atoms with Gasteiger partial charge in [-0.2, -0.15) is 0 Å². The fourth-order valence-electron chi connectivity index (χ4n) is 2.33. The second-order valence-electron chi connectivity index (χ2n) is 4.72. The van der Waals surface area contributed by atoms with Gasteiger partial charge in [-0.05, 0) is 6.42 Å². The third kappa shape index (κ3) is 3.44. The summed E-state index contributed by atoms with van der Waals surface area (Å²) in [5.41, 5.74) is 0. The lowest BCUT2D eigenvalue weighted by Gasteiger charge is -2.33. The lowest BCUT2D eigenvalue weighted by atomic mass is 10.1. The predicted octanol–water partition coefficient (Wildman–Crippen LogP) is -0.944. The molecule has 0 spiro atoms. The minimum absolute atomic E-state index is 0.0854. The van der Waals surface area contributed by atoms with E-state index in [-0.39, 0.29) is 30.3 Å². The quantitative estimate of drug-likeness (QED) is 0.669. The van der Waals surface area contributed by atoms with E-state index in [0.29, 0.717) is 32.5 Å². The number of methoxy groups -OCH3 is 1. The summed E-state index contributed by atoms with van der Waals surface area (Å²) < 4.78 is 10.0. The molecule has 0 aliphatic carbocycles. The van der Waals surface area contributed by atoms with Gasteiger partial charge in [0.05, 0.1) is 26.2 Å². The van der Waals surface area contributed by atoms with Crippen LogP contribution in [0.3, 0.4) is 0 Å². The lowest BCUT2D eigenvalue weighted by Crippen LogP contribution is -2.52. The molecule has 2 aliphatic heterocycles. The third-order valence-electron chi connectivity index (χ3n) is 3.37. The minimum atomic E-state index is -0.427. The molecule has 7 heteroatoms. The van der Waals surface area contributed by atoms with Crippen LogP contribution < -0.4 is 5.32 Å². The molecule has 0 radical (unpaired) electrons. The number of carbonyl (C=O) groups is 3. The van der Waals surface area contributed by atoms with Crippen molar-refractivity contribution in [2.45, 2.75) is 31.4 Å². The van der Waals surface area contributed by atoms with Crippen molar-refractivity contribution in [2.75, 3.05) is 26.8 Å². The van der Waals surface area contributed by atoms with E-state index in [9.17, 15) is 14.4 Å². The van der Waals surface area contributed by atoms with Crippen molar-refractivity contribution in [1.82, 2.24) is 10.2 Å². The molecular weight excluding hydrogens is 252 g/mol. The number of hydrogen-bond donors (Lipinski definition) is 1. The van der Waals surface area contributed by atoms with Gasteiger partial charge in [0, 0.05) is 19.5 Å². The summed E-state index contributed by atoms with van der Waals surface area (Å²) in [4.78, 5) is 36.1. The number of nitrogens with zero attached hydrogens (tertiary/aromatic N) is 1. The maximum Gasteiger partial charge on any atom is 0.308 e. The van der Waals surface area contributed by atoms with E-state index in [1.54, 1.807) is 4.90 Å². The van der Waals surface area contributed by atoms with Gasteiger partial charge in [0.2, 0.25) is 11.8 Å². The molecule has 2 fully saturated rings. The smallest absolute Gasteiger partial charge is 0.308 e. The molecule has 2 heterocycles. The Hall–Kier alpha value is -1.63. The second-order valence-corrected chi connectivity index (χ2v) is 4.72. The van der Waals surface area contributed by atoms with Gasteiger partial charge < -0.3 is 19.7 Å². The fourth-order valence-corrected chi connectivity index (χ4v) is 2.33. The molecule has 2 saturated heterocycles. The number of morpholine rings is 1. The number of ether oxygens (including phenoxy) is 2. The Balaban J connectivity index is 1.88. The van der Waals surface area contributed by atoms with E-state index < -0.39 is 6.04 Å². The predicted molar refractivity (Wildman–Crippen MR) is 64.1 cm³/mol. The number of amides is 2. The maximum atomic E-state index is 12.2. The van der Waals surface area contributed by atoms with Crippen LogP contribution in [0.4, 0.5) is 0 Å². The number of nitrogens with one attached hydrogen (secondary N) is 1. The number of hydrogen-bond acceptors (Lipinski definition) is 5. The molecule has 0 aromatic rings. The summed E-state index contributed by atoms with van der Waals surface area (Å²) >= 11 is 0. The zero-order chi connectivity index (χ0) is 13.8. The highest BCUT2D eigenvalue weighted by molar-refractivity contribution is 5.90. The number of rotatable bonds is 3. The molecule has 2 amide bonds. The van der Waals surface area contributed by atoms with Gasteiger partial charge in [0.15, 0.2) is 0 Å². The summed E-state index contributed by atoms with van der Waals surface area (Å²) in [5.74, 6) is -0.532. The Bertz CT molecular complexity index is 384. The van der Waals surface area contributed by atoms with Gasteiger partial charge in [0.1, 0.15) is 6.04 Å². The van der Waals surface area contributed by atoms with Crippen molar-refractivity contribution in [1.29, 1.82) is 0 Å². The monoisotopic (exact) mass is 270 g/mol. The molecule has 19 heavy (non-hydrogen) atoms. The van der Waals surface area contributed by atoms with Crippen LogP contribution in [-0.4, -0.2) is 61.6 Å². The van der Waals surface area contributed by atoms with Crippen molar-refractivity contribution >= 4 is 17.8 Å². The molecule has 2 atom stereocenters. The number of esters is 1. The average molecular weight is 270 g/mol. The van der Waals surface area contributed by atoms with E-state index in [1.807, 2.05) is 0 Å². The Morgan fingerprint density at radius 3 is 2.95 bits per heavy atom. The van der Waals surface area contributed by atoms with Crippen molar-refractivity contribution in [3.05, 3.63) is 0 Å². The summed E-state index contributed by atoms with van der Waals surface area (Å²) in [6.45, 7) is 1.25. The van der Waals surface area contributed by atoms with Crippen molar-refractivity contribution in [3.8, 4) is 0 Å². The van der Waals surface area contributed by atoms with Gasteiger partial charge in [-0.1, -0.05) is 0 Å². The van der Waals surface area contributed by atoms with Crippen LogP contribution in [0, 0.1) is 0 Å². The van der Waals surface area contributed by atoms with Crippen LogP contribution in [-0.2, 0) is 23.9 Å². The maximum absolute atomic E-state index is 12.2. The van der Waals surface area contributed by atoms with Crippen LogP contribution in [0.2, 0.25) is 0 Å². The van der Waals surface area contributed by atoms with Crippen LogP contribution >= 0.6 is 0 Å². The molecule has 1 unspecified atom stereocenters. The molecule has 0 bridgehead atoms. The minimum Gasteiger partial charge on any atom is -0.469 e. The van der Waals surface area contributed by atoms with Crippen molar-refractivity contribution in [3.63, 3.8) is 0 Å². The van der Waals surface area contributed by atoms with Crippen LogP contribution in [0.5, 0.6) is 0 Å². The lowest BCUT2D eigenvalue weighted by molar-refractivity contribution is -0.150. The highest BCUT2D eigenvalue weighted by Gasteiger charge is 2.33. The van der Waals surface area contributed by atoms with Crippen molar-refractivity contribution < 1.29 is 23.9 Å². The van der Waals surface area contributed by atoms with Gasteiger partial charge in [-0.15, -0.1) is 0 Å². The normalized spacial score (nSPS) is 27.0. The van der Waals surface area contributed by atoms with Crippen LogP contribution in [0.15, 0.2) is 0 Å². The molecule has 0 aromatic carbocycles. The first-order valence-electron chi connectivity index (χ1n) is 6.36. The SMILES string of the molecule is COC(=O)CC1CN(C(=O)[C@@H]2CCC(=O)N2)CCO1. The van der Waals surface area contributed by atoms with E-state index in [2.05, 4.69) is 10.1 Å². The summed E-state index contributed by atoms with van der Waals surface area (Å²) in [5, 5.41) is 2.66. The Kier molecular flexibility index (Phi) is 4.36. The van der Waals surface area contributed by atoms with Crippen molar-refractivity contribution in [2.24, 2.45) is 0 Å². The molecule has 106 valence electrons. The molecular formula is C12H18N2O5. The third-order valence-corrected chi connectivity index (χ3v) is 3.37. The van der Waals surface area contributed by atoms with E-state index >= 15 is 0 Å². The first-order chi connectivity index (χ1) is 9.10. The second kappa shape index (κ2) is 6.01. The van der Waals surface area contributed by atoms with Gasteiger partial charge in [-0.3, -0.25) is 14.4 Å². The Morgan fingerprint density at radius 1 is 1.53 bits per heavy atom. The van der Waals surface area contributed by atoms with Crippen LogP contribution in [0.25, 0.3) is 0 Å². The topological polar surface area (TPSA) is 84.9 Å². The first-order valence-corrected chi connectivity index (χ1v) is 6.36. The largest absolute Gasteiger partial charge is 0.469 e. The molecule has 2 rings (SSSR count). The average Bonchev–Trinajstić information content (AvgIpc) is 2.84. The summed E-state index contributed by atoms with van der Waals surface area (Å²) in [6, 6.07) is -0.427.